The van der Waals surface area contributed by atoms with Gasteiger partial charge < -0.3 is 15.2 Å². The van der Waals surface area contributed by atoms with Gasteiger partial charge in [0.1, 0.15) is 12.1 Å². The van der Waals surface area contributed by atoms with Crippen molar-refractivity contribution in [3.8, 4) is 0 Å². The Morgan fingerprint density at radius 1 is 0.952 bits per heavy atom. The molecule has 11 heteroatoms. The fourth-order valence-electron chi connectivity index (χ4n) is 5.28. The van der Waals surface area contributed by atoms with E-state index in [9.17, 15) is 24.0 Å². The molecule has 2 aromatic rings. The highest BCUT2D eigenvalue weighted by molar-refractivity contribution is 8.00. The van der Waals surface area contributed by atoms with Gasteiger partial charge in [0.05, 0.1) is 40.6 Å². The zero-order valence-corrected chi connectivity index (χ0v) is 25.1. The van der Waals surface area contributed by atoms with Gasteiger partial charge in [0, 0.05) is 11.4 Å². The first-order valence-electron chi connectivity index (χ1n) is 14.1. The van der Waals surface area contributed by atoms with Crippen LogP contribution in [0.4, 0.5) is 5.69 Å². The van der Waals surface area contributed by atoms with Crippen molar-refractivity contribution in [1.29, 1.82) is 0 Å². The van der Waals surface area contributed by atoms with Gasteiger partial charge in [0.15, 0.2) is 0 Å². The molecule has 0 saturated carbocycles. The number of carbonyl (C=O) groups is 5. The van der Waals surface area contributed by atoms with E-state index in [4.69, 9.17) is 15.2 Å². The number of unbranched alkanes of at least 4 members (excludes halogenated alkanes) is 1. The first-order valence-corrected chi connectivity index (χ1v) is 15.0. The molecule has 0 bridgehead atoms. The van der Waals surface area contributed by atoms with Gasteiger partial charge in [-0.05, 0) is 64.8 Å². The summed E-state index contributed by atoms with van der Waals surface area (Å²) in [6.07, 6.45) is 1.09. The summed E-state index contributed by atoms with van der Waals surface area (Å²) >= 11 is 1.26. The zero-order chi connectivity index (χ0) is 30.6. The SMILES string of the molecule is CCOC(=O)[C@@H](CCCCN1C(=O)c2ccccc2C1=O)[C@@H]1C(=O)N(CC(=O)OC(C)(C)C)c2ccccc2SC1N. The van der Waals surface area contributed by atoms with Gasteiger partial charge in [0.2, 0.25) is 5.91 Å². The van der Waals surface area contributed by atoms with Crippen molar-refractivity contribution in [2.24, 2.45) is 17.6 Å². The topological polar surface area (TPSA) is 136 Å². The summed E-state index contributed by atoms with van der Waals surface area (Å²) in [4.78, 5) is 69.0. The van der Waals surface area contributed by atoms with Crippen LogP contribution >= 0.6 is 11.8 Å². The Balaban J connectivity index is 1.53. The molecule has 3 amide bonds. The highest BCUT2D eigenvalue weighted by Crippen LogP contribution is 2.42. The number of amides is 3. The predicted molar refractivity (Wildman–Crippen MR) is 158 cm³/mol. The summed E-state index contributed by atoms with van der Waals surface area (Å²) in [5, 5.41) is -0.798. The standard InChI is InChI=1S/C31H37N3O7S/c1-5-40-30(39)21(14-10-11-17-33-27(36)19-12-6-7-13-20(19)28(33)37)25-26(32)42-23-16-9-8-15-22(23)34(29(25)38)18-24(35)41-31(2,3)4/h6-9,12-13,15-16,21,25-26H,5,10-11,14,17-18,32H2,1-4H3/t21-,25-,26?/m0/s1. The minimum atomic E-state index is -0.997. The van der Waals surface area contributed by atoms with Gasteiger partial charge in [-0.2, -0.15) is 0 Å². The summed E-state index contributed by atoms with van der Waals surface area (Å²) in [7, 11) is 0. The van der Waals surface area contributed by atoms with Gasteiger partial charge in [-0.25, -0.2) is 0 Å². The first-order chi connectivity index (χ1) is 19.9. The number of carbonyl (C=O) groups excluding carboxylic acids is 5. The highest BCUT2D eigenvalue weighted by Gasteiger charge is 2.45. The lowest BCUT2D eigenvalue weighted by molar-refractivity contribution is -0.154. The molecule has 2 aliphatic heterocycles. The van der Waals surface area contributed by atoms with Crippen LogP contribution < -0.4 is 10.6 Å². The normalized spacial score (nSPS) is 19.2. The quantitative estimate of drug-likeness (QED) is 0.245. The van der Waals surface area contributed by atoms with Crippen molar-refractivity contribution in [1.82, 2.24) is 4.90 Å². The molecular weight excluding hydrogens is 558 g/mol. The lowest BCUT2D eigenvalue weighted by atomic mass is 9.86. The number of esters is 2. The number of benzene rings is 2. The number of para-hydroxylation sites is 1. The molecular formula is C31H37N3O7S. The number of imide groups is 1. The Kier molecular flexibility index (Phi) is 9.73. The molecule has 0 radical (unpaired) electrons. The summed E-state index contributed by atoms with van der Waals surface area (Å²) in [6.45, 7) is 6.88. The van der Waals surface area contributed by atoms with E-state index in [1.807, 2.05) is 12.1 Å². The lowest BCUT2D eigenvalue weighted by Crippen LogP contribution is -2.49. The number of thioether (sulfide) groups is 1. The van der Waals surface area contributed by atoms with Crippen LogP contribution in [0.2, 0.25) is 0 Å². The molecule has 2 N–H and O–H groups in total. The molecule has 2 aliphatic rings. The number of rotatable bonds is 10. The molecule has 0 aromatic heterocycles. The van der Waals surface area contributed by atoms with Gasteiger partial charge in [-0.1, -0.05) is 30.7 Å². The number of anilines is 1. The minimum absolute atomic E-state index is 0.121. The van der Waals surface area contributed by atoms with Crippen LogP contribution in [0.5, 0.6) is 0 Å². The van der Waals surface area contributed by atoms with Crippen LogP contribution in [0.15, 0.2) is 53.4 Å². The Morgan fingerprint density at radius 2 is 1.57 bits per heavy atom. The number of nitrogens with two attached hydrogens (primary N) is 1. The second kappa shape index (κ2) is 13.1. The van der Waals surface area contributed by atoms with E-state index >= 15 is 0 Å². The third-order valence-corrected chi connectivity index (χ3v) is 8.24. The van der Waals surface area contributed by atoms with Crippen LogP contribution in [0.25, 0.3) is 0 Å². The van der Waals surface area contributed by atoms with E-state index in [0.717, 1.165) is 0 Å². The average Bonchev–Trinajstić information content (AvgIpc) is 3.11. The second-order valence-corrected chi connectivity index (χ2v) is 12.5. The third kappa shape index (κ3) is 6.84. The Hall–Kier alpha value is -3.70. The van der Waals surface area contributed by atoms with Crippen LogP contribution in [-0.4, -0.2) is 65.2 Å². The summed E-state index contributed by atoms with van der Waals surface area (Å²) < 4.78 is 10.9. The van der Waals surface area contributed by atoms with Gasteiger partial charge in [0.25, 0.3) is 11.8 Å². The number of fused-ring (bicyclic) bond motifs is 2. The first kappa shape index (κ1) is 31.2. The fourth-order valence-corrected chi connectivity index (χ4v) is 6.48. The number of nitrogens with zero attached hydrogens (tertiary/aromatic N) is 2. The van der Waals surface area contributed by atoms with Crippen LogP contribution in [-0.2, 0) is 23.9 Å². The molecule has 224 valence electrons. The van der Waals surface area contributed by atoms with E-state index in [0.29, 0.717) is 34.6 Å². The molecule has 3 atom stereocenters. The lowest BCUT2D eigenvalue weighted by Gasteiger charge is -2.31. The smallest absolute Gasteiger partial charge is 0.326 e. The Morgan fingerprint density at radius 3 is 2.19 bits per heavy atom. The molecule has 0 aliphatic carbocycles. The zero-order valence-electron chi connectivity index (χ0n) is 24.3. The molecule has 2 aromatic carbocycles. The Bertz CT molecular complexity index is 1340. The largest absolute Gasteiger partial charge is 0.466 e. The second-order valence-electron chi connectivity index (χ2n) is 11.2. The maximum Gasteiger partial charge on any atom is 0.326 e. The summed E-state index contributed by atoms with van der Waals surface area (Å²) in [6, 6.07) is 13.8. The molecule has 1 unspecified atom stereocenters. The fraction of sp³-hybridized carbons (Fsp3) is 0.452. The molecule has 42 heavy (non-hydrogen) atoms. The van der Waals surface area contributed by atoms with Crippen LogP contribution in [0.1, 0.15) is 67.7 Å². The Labute approximate surface area is 249 Å². The predicted octanol–water partition coefficient (Wildman–Crippen LogP) is 4.01. The van der Waals surface area contributed by atoms with Gasteiger partial charge >= 0.3 is 11.9 Å². The average molecular weight is 596 g/mol. The highest BCUT2D eigenvalue weighted by atomic mass is 32.2. The maximum atomic E-state index is 14.1. The molecule has 2 heterocycles. The molecule has 4 rings (SSSR count). The monoisotopic (exact) mass is 595 g/mol. The number of hydrogen-bond donors (Lipinski definition) is 1. The molecule has 10 nitrogen and oxygen atoms in total. The van der Waals surface area contributed by atoms with Crippen molar-refractivity contribution in [3.05, 3.63) is 59.7 Å². The minimum Gasteiger partial charge on any atom is -0.466 e. The maximum absolute atomic E-state index is 14.1. The van der Waals surface area contributed by atoms with E-state index in [2.05, 4.69) is 0 Å². The van der Waals surface area contributed by atoms with E-state index < -0.39 is 40.7 Å². The van der Waals surface area contributed by atoms with Gasteiger partial charge in [-0.3, -0.25) is 33.8 Å². The van der Waals surface area contributed by atoms with Crippen molar-refractivity contribution in [2.75, 3.05) is 24.6 Å². The molecule has 0 spiro atoms. The van der Waals surface area contributed by atoms with Crippen molar-refractivity contribution < 1.29 is 33.4 Å². The van der Waals surface area contributed by atoms with Crippen molar-refractivity contribution in [3.63, 3.8) is 0 Å². The summed E-state index contributed by atoms with van der Waals surface area (Å²) in [5.74, 6) is -4.20. The van der Waals surface area contributed by atoms with E-state index in [1.165, 1.54) is 21.6 Å². The van der Waals surface area contributed by atoms with Crippen LogP contribution in [0, 0.1) is 11.8 Å². The number of hydrogen-bond acceptors (Lipinski definition) is 9. The van der Waals surface area contributed by atoms with Crippen molar-refractivity contribution >= 4 is 47.1 Å². The molecule has 0 saturated heterocycles. The van der Waals surface area contributed by atoms with Gasteiger partial charge in [-0.15, -0.1) is 11.8 Å². The van der Waals surface area contributed by atoms with Crippen LogP contribution in [0.3, 0.4) is 0 Å². The van der Waals surface area contributed by atoms with Crippen molar-refractivity contribution in [2.45, 2.75) is 62.8 Å². The van der Waals surface area contributed by atoms with E-state index in [-0.39, 0.29) is 37.9 Å². The third-order valence-electron chi connectivity index (χ3n) is 7.08. The summed E-state index contributed by atoms with van der Waals surface area (Å²) in [5.41, 5.74) is 7.12. The van der Waals surface area contributed by atoms with E-state index in [1.54, 1.807) is 64.1 Å². The number of ether oxygens (including phenoxy) is 2. The molecule has 0 fully saturated rings.